The quantitative estimate of drug-likeness (QED) is 0.714. The summed E-state index contributed by atoms with van der Waals surface area (Å²) in [4.78, 5) is 7.15. The number of rotatable bonds is 3. The summed E-state index contributed by atoms with van der Waals surface area (Å²) in [5.41, 5.74) is 6.02. The molecule has 1 rings (SSSR count). The third-order valence-electron chi connectivity index (χ3n) is 1.20. The monoisotopic (exact) mass is 183 g/mol. The molecule has 2 N–H and O–H groups in total. The van der Waals surface area contributed by atoms with Gasteiger partial charge in [0, 0.05) is 0 Å². The zero-order valence-electron chi connectivity index (χ0n) is 7.25. The second-order valence-corrected chi connectivity index (χ2v) is 2.63. The van der Waals surface area contributed by atoms with E-state index in [1.165, 1.54) is 0 Å². The molecule has 70 valence electrons. The molecule has 0 spiro atoms. The number of nitrogens with two attached hydrogens (primary N) is 1. The molecule has 1 aromatic heterocycles. The molecule has 1 aromatic rings. The van der Waals surface area contributed by atoms with Gasteiger partial charge in [0.25, 0.3) is 0 Å². The first-order valence-electron chi connectivity index (χ1n) is 3.65. The Balaban J connectivity index is 2.68. The van der Waals surface area contributed by atoms with Crippen LogP contribution in [0.4, 0.5) is 10.2 Å². The number of aromatic nitrogens is 2. The van der Waals surface area contributed by atoms with E-state index in [4.69, 9.17) is 10.5 Å². The highest BCUT2D eigenvalue weighted by molar-refractivity contribution is 5.29. The van der Waals surface area contributed by atoms with E-state index in [-0.39, 0.29) is 11.8 Å². The third-order valence-corrected chi connectivity index (χ3v) is 1.20. The van der Waals surface area contributed by atoms with Crippen molar-refractivity contribution in [2.24, 2.45) is 0 Å². The van der Waals surface area contributed by atoms with Crippen LogP contribution in [-0.2, 0) is 0 Å². The van der Waals surface area contributed by atoms with Gasteiger partial charge in [-0.25, -0.2) is 9.37 Å². The second kappa shape index (κ2) is 3.84. The first-order valence-corrected chi connectivity index (χ1v) is 3.65. The van der Waals surface area contributed by atoms with Crippen molar-refractivity contribution >= 4 is 5.82 Å². The molecule has 0 saturated heterocycles. The van der Waals surface area contributed by atoms with Crippen LogP contribution in [-0.4, -0.2) is 16.6 Å². The van der Waals surface area contributed by atoms with E-state index in [0.29, 0.717) is 6.61 Å². The lowest BCUT2D eigenvalue weighted by molar-refractivity contribution is 0.322. The Morgan fingerprint density at radius 1 is 1.77 bits per heavy atom. The minimum absolute atomic E-state index is 0.0573. The number of halogens is 1. The van der Waals surface area contributed by atoms with E-state index in [1.54, 1.807) is 6.92 Å². The first-order chi connectivity index (χ1) is 6.09. The molecular formula is C8H10FN3O. The highest BCUT2D eigenvalue weighted by Crippen LogP contribution is 2.09. The highest BCUT2D eigenvalue weighted by Gasteiger charge is 2.03. The van der Waals surface area contributed by atoms with Crippen LogP contribution in [0.25, 0.3) is 0 Å². The first kappa shape index (κ1) is 9.44. The summed E-state index contributed by atoms with van der Waals surface area (Å²) in [6.45, 7) is 5.72. The maximum atomic E-state index is 12.6. The number of hydrogen-bond donors (Lipinski definition) is 1. The van der Waals surface area contributed by atoms with Crippen LogP contribution >= 0.6 is 0 Å². The van der Waals surface area contributed by atoms with Crippen LogP contribution in [0.15, 0.2) is 18.3 Å². The van der Waals surface area contributed by atoms with Gasteiger partial charge in [-0.3, -0.25) is 0 Å². The molecule has 0 aliphatic carbocycles. The number of nitrogens with zero attached hydrogens (tertiary/aromatic N) is 2. The molecule has 13 heavy (non-hydrogen) atoms. The van der Waals surface area contributed by atoms with Gasteiger partial charge in [0.2, 0.25) is 0 Å². The molecule has 0 fully saturated rings. The van der Waals surface area contributed by atoms with Gasteiger partial charge in [0.15, 0.2) is 11.6 Å². The zero-order valence-corrected chi connectivity index (χ0v) is 7.25. The molecule has 0 bridgehead atoms. The Labute approximate surface area is 75.3 Å². The number of hydrogen-bond acceptors (Lipinski definition) is 4. The van der Waals surface area contributed by atoms with E-state index in [9.17, 15) is 4.39 Å². The van der Waals surface area contributed by atoms with E-state index in [0.717, 1.165) is 11.8 Å². The Morgan fingerprint density at radius 2 is 2.46 bits per heavy atom. The lowest BCUT2D eigenvalue weighted by atomic mass is 10.4. The van der Waals surface area contributed by atoms with Crippen LogP contribution in [0.3, 0.4) is 0 Å². The summed E-state index contributed by atoms with van der Waals surface area (Å²) < 4.78 is 17.6. The van der Waals surface area contributed by atoms with Crippen molar-refractivity contribution in [2.45, 2.75) is 6.92 Å². The van der Waals surface area contributed by atoms with Gasteiger partial charge in [-0.15, -0.1) is 0 Å². The summed E-state index contributed by atoms with van der Waals surface area (Å²) in [5.74, 6) is -0.866. The van der Waals surface area contributed by atoms with Crippen LogP contribution in [0.2, 0.25) is 0 Å². The molecule has 0 atom stereocenters. The summed E-state index contributed by atoms with van der Waals surface area (Å²) >= 11 is 0. The lowest BCUT2D eigenvalue weighted by Gasteiger charge is -2.03. The maximum Gasteiger partial charge on any atom is 0.318 e. The molecule has 4 nitrogen and oxygen atoms in total. The molecule has 0 aliphatic rings. The van der Waals surface area contributed by atoms with Gasteiger partial charge in [-0.1, -0.05) is 6.58 Å². The van der Waals surface area contributed by atoms with Crippen LogP contribution in [0.5, 0.6) is 6.01 Å². The van der Waals surface area contributed by atoms with Crippen LogP contribution < -0.4 is 10.5 Å². The fourth-order valence-corrected chi connectivity index (χ4v) is 0.621. The molecular weight excluding hydrogens is 173 g/mol. The van der Waals surface area contributed by atoms with Gasteiger partial charge < -0.3 is 10.5 Å². The van der Waals surface area contributed by atoms with Crippen molar-refractivity contribution < 1.29 is 9.13 Å². The third kappa shape index (κ3) is 2.70. The minimum Gasteiger partial charge on any atom is -0.459 e. The Morgan fingerprint density at radius 3 is 3.00 bits per heavy atom. The fourth-order valence-electron chi connectivity index (χ4n) is 0.621. The fraction of sp³-hybridized carbons (Fsp3) is 0.250. The molecule has 1 heterocycles. The van der Waals surface area contributed by atoms with Crippen molar-refractivity contribution in [1.82, 2.24) is 9.97 Å². The van der Waals surface area contributed by atoms with Crippen molar-refractivity contribution in [2.75, 3.05) is 12.3 Å². The predicted molar refractivity (Wildman–Crippen MR) is 46.7 cm³/mol. The Bertz CT molecular complexity index is 327. The molecule has 0 radical (unpaired) electrons. The zero-order chi connectivity index (χ0) is 9.84. The van der Waals surface area contributed by atoms with Crippen molar-refractivity contribution in [3.8, 4) is 6.01 Å². The van der Waals surface area contributed by atoms with E-state index in [2.05, 4.69) is 16.5 Å². The molecule has 0 aromatic carbocycles. The average molecular weight is 183 g/mol. The summed E-state index contributed by atoms with van der Waals surface area (Å²) in [6.07, 6.45) is 0.968. The van der Waals surface area contributed by atoms with Gasteiger partial charge in [-0.2, -0.15) is 4.98 Å². The SMILES string of the molecule is C=C(C)COc1ncc(F)c(N)n1. The molecule has 0 amide bonds. The van der Waals surface area contributed by atoms with E-state index in [1.807, 2.05) is 0 Å². The van der Waals surface area contributed by atoms with Gasteiger partial charge in [0.1, 0.15) is 6.61 Å². The Hall–Kier alpha value is -1.65. The van der Waals surface area contributed by atoms with E-state index < -0.39 is 5.82 Å². The number of nitrogen functional groups attached to an aromatic ring is 1. The van der Waals surface area contributed by atoms with Crippen molar-refractivity contribution in [3.05, 3.63) is 24.2 Å². The van der Waals surface area contributed by atoms with Crippen LogP contribution in [0, 0.1) is 5.82 Å². The molecule has 0 unspecified atom stereocenters. The maximum absolute atomic E-state index is 12.6. The summed E-state index contributed by atoms with van der Waals surface area (Å²) in [5, 5.41) is 0. The van der Waals surface area contributed by atoms with Gasteiger partial charge in [-0.05, 0) is 12.5 Å². The van der Waals surface area contributed by atoms with Gasteiger partial charge in [0.05, 0.1) is 6.20 Å². The van der Waals surface area contributed by atoms with Crippen molar-refractivity contribution in [3.63, 3.8) is 0 Å². The normalized spacial score (nSPS) is 9.69. The second-order valence-electron chi connectivity index (χ2n) is 2.63. The molecule has 0 saturated carbocycles. The van der Waals surface area contributed by atoms with Crippen molar-refractivity contribution in [1.29, 1.82) is 0 Å². The number of anilines is 1. The topological polar surface area (TPSA) is 61.0 Å². The summed E-state index contributed by atoms with van der Waals surface area (Å²) in [7, 11) is 0. The molecule has 0 aliphatic heterocycles. The standard InChI is InChI=1S/C8H10FN3O/c1-5(2)4-13-8-11-3-6(9)7(10)12-8/h3H,1,4H2,2H3,(H2,10,11,12). The average Bonchev–Trinajstić information content (AvgIpc) is 2.07. The highest BCUT2D eigenvalue weighted by atomic mass is 19.1. The Kier molecular flexibility index (Phi) is 2.79. The summed E-state index contributed by atoms with van der Waals surface area (Å²) in [6, 6.07) is 0.0573. The minimum atomic E-state index is -0.650. The lowest BCUT2D eigenvalue weighted by Crippen LogP contribution is -2.04. The van der Waals surface area contributed by atoms with Gasteiger partial charge >= 0.3 is 6.01 Å². The van der Waals surface area contributed by atoms with Crippen LogP contribution in [0.1, 0.15) is 6.92 Å². The smallest absolute Gasteiger partial charge is 0.318 e. The largest absolute Gasteiger partial charge is 0.459 e. The van der Waals surface area contributed by atoms with E-state index >= 15 is 0 Å². The predicted octanol–water partition coefficient (Wildman–Crippen LogP) is 1.15. The number of ether oxygens (including phenoxy) is 1. The molecule has 5 heteroatoms.